The second-order valence-corrected chi connectivity index (χ2v) is 4.61. The van der Waals surface area contributed by atoms with Crippen LogP contribution in [0, 0.1) is 6.92 Å². The summed E-state index contributed by atoms with van der Waals surface area (Å²) in [7, 11) is -1.65. The van der Waals surface area contributed by atoms with Crippen LogP contribution >= 0.6 is 0 Å². The number of aromatic nitrogens is 2. The van der Waals surface area contributed by atoms with Crippen molar-refractivity contribution in [2.75, 3.05) is 18.6 Å². The van der Waals surface area contributed by atoms with E-state index in [-0.39, 0.29) is 5.16 Å². The van der Waals surface area contributed by atoms with Gasteiger partial charge in [0.1, 0.15) is 5.82 Å². The normalized spacial score (nSPS) is 11.3. The molecule has 0 unspecified atom stereocenters. The average Bonchev–Trinajstić information content (AvgIpc) is 2.01. The highest BCUT2D eigenvalue weighted by atomic mass is 32.2. The van der Waals surface area contributed by atoms with Gasteiger partial charge >= 0.3 is 0 Å². The number of rotatable bonds is 2. The number of anilines is 1. The fraction of sp³-hybridized carbons (Fsp3) is 0.429. The maximum Gasteiger partial charge on any atom is 0.248 e. The lowest BCUT2D eigenvalue weighted by atomic mass is 10.4. The lowest BCUT2D eigenvalue weighted by molar-refractivity contribution is 0.592. The van der Waals surface area contributed by atoms with Gasteiger partial charge < -0.3 is 5.32 Å². The molecule has 0 aliphatic heterocycles. The van der Waals surface area contributed by atoms with Crippen LogP contribution < -0.4 is 5.32 Å². The van der Waals surface area contributed by atoms with Gasteiger partial charge in [-0.3, -0.25) is 0 Å². The molecule has 0 saturated carbocycles. The minimum atomic E-state index is -3.32. The predicted octanol–water partition coefficient (Wildman–Crippen LogP) is 0.230. The van der Waals surface area contributed by atoms with Crippen molar-refractivity contribution >= 4 is 15.7 Å². The van der Waals surface area contributed by atoms with Crippen LogP contribution in [0.15, 0.2) is 11.2 Å². The van der Waals surface area contributed by atoms with E-state index in [1.54, 1.807) is 20.0 Å². The lowest BCUT2D eigenvalue weighted by Gasteiger charge is -2.02. The first-order chi connectivity index (χ1) is 5.93. The topological polar surface area (TPSA) is 72.0 Å². The number of nitrogens with one attached hydrogen (secondary N) is 1. The minimum Gasteiger partial charge on any atom is -0.373 e. The number of nitrogens with zero attached hydrogens (tertiary/aromatic N) is 2. The van der Waals surface area contributed by atoms with Crippen molar-refractivity contribution < 1.29 is 8.42 Å². The van der Waals surface area contributed by atoms with Gasteiger partial charge in [-0.1, -0.05) is 0 Å². The second kappa shape index (κ2) is 3.29. The highest BCUT2D eigenvalue weighted by molar-refractivity contribution is 7.90. The fourth-order valence-corrected chi connectivity index (χ4v) is 1.41. The molecule has 6 heteroatoms. The molecule has 5 nitrogen and oxygen atoms in total. The molecule has 0 aliphatic rings. The van der Waals surface area contributed by atoms with Crippen molar-refractivity contribution in [2.24, 2.45) is 0 Å². The first-order valence-corrected chi connectivity index (χ1v) is 5.56. The first-order valence-electron chi connectivity index (χ1n) is 3.67. The maximum atomic E-state index is 11.1. The molecule has 0 saturated heterocycles. The molecule has 0 aromatic carbocycles. The Morgan fingerprint density at radius 2 is 2.00 bits per heavy atom. The standard InChI is InChI=1S/C7H11N3O2S/c1-5-4-6(8-2)10-7(9-5)13(3,11)12/h4H,1-3H3,(H,8,9,10). The molecular weight excluding hydrogens is 190 g/mol. The van der Waals surface area contributed by atoms with Crippen LogP contribution in [0.1, 0.15) is 5.69 Å². The summed E-state index contributed by atoms with van der Waals surface area (Å²) < 4.78 is 22.2. The molecule has 0 bridgehead atoms. The smallest absolute Gasteiger partial charge is 0.248 e. The zero-order valence-corrected chi connectivity index (χ0v) is 8.51. The third-order valence-electron chi connectivity index (χ3n) is 1.42. The second-order valence-electron chi connectivity index (χ2n) is 2.70. The van der Waals surface area contributed by atoms with Crippen LogP contribution in [0.25, 0.3) is 0 Å². The molecule has 0 radical (unpaired) electrons. The van der Waals surface area contributed by atoms with E-state index in [1.165, 1.54) is 0 Å². The van der Waals surface area contributed by atoms with Crippen molar-refractivity contribution in [3.63, 3.8) is 0 Å². The number of hydrogen-bond acceptors (Lipinski definition) is 5. The number of aryl methyl sites for hydroxylation is 1. The largest absolute Gasteiger partial charge is 0.373 e. The molecule has 0 aliphatic carbocycles. The van der Waals surface area contributed by atoms with Crippen molar-refractivity contribution in [3.05, 3.63) is 11.8 Å². The third kappa shape index (κ3) is 2.38. The van der Waals surface area contributed by atoms with Crippen LogP contribution in [0.2, 0.25) is 0 Å². The maximum absolute atomic E-state index is 11.1. The zero-order chi connectivity index (χ0) is 10.1. The Bertz CT molecular complexity index is 414. The summed E-state index contributed by atoms with van der Waals surface area (Å²) in [6, 6.07) is 1.68. The molecule has 1 aromatic heterocycles. The van der Waals surface area contributed by atoms with Crippen LogP contribution in [0.4, 0.5) is 5.82 Å². The predicted molar refractivity (Wildman–Crippen MR) is 49.4 cm³/mol. The Kier molecular flexibility index (Phi) is 2.51. The zero-order valence-electron chi connectivity index (χ0n) is 7.70. The Morgan fingerprint density at radius 3 is 2.46 bits per heavy atom. The van der Waals surface area contributed by atoms with Gasteiger partial charge in [0, 0.05) is 25.1 Å². The molecule has 0 fully saturated rings. The van der Waals surface area contributed by atoms with Crippen molar-refractivity contribution in [1.29, 1.82) is 0 Å². The molecule has 1 aromatic rings. The van der Waals surface area contributed by atoms with Gasteiger partial charge in [0.05, 0.1) is 0 Å². The summed E-state index contributed by atoms with van der Waals surface area (Å²) >= 11 is 0. The molecule has 13 heavy (non-hydrogen) atoms. The van der Waals surface area contributed by atoms with E-state index in [9.17, 15) is 8.42 Å². The Labute approximate surface area is 77.1 Å². The summed E-state index contributed by atoms with van der Waals surface area (Å²) in [5.41, 5.74) is 0.625. The fourth-order valence-electron chi connectivity index (χ4n) is 0.835. The molecular formula is C7H11N3O2S. The Morgan fingerprint density at radius 1 is 1.38 bits per heavy atom. The lowest BCUT2D eigenvalue weighted by Crippen LogP contribution is -2.07. The molecule has 72 valence electrons. The Balaban J connectivity index is 3.33. The van der Waals surface area contributed by atoms with Gasteiger partial charge in [0.2, 0.25) is 15.0 Å². The van der Waals surface area contributed by atoms with E-state index >= 15 is 0 Å². The van der Waals surface area contributed by atoms with Gasteiger partial charge in [-0.25, -0.2) is 18.4 Å². The molecule has 1 N–H and O–H groups in total. The van der Waals surface area contributed by atoms with Crippen LogP contribution in [-0.2, 0) is 9.84 Å². The first kappa shape index (κ1) is 9.91. The minimum absolute atomic E-state index is 0.142. The van der Waals surface area contributed by atoms with Crippen molar-refractivity contribution in [2.45, 2.75) is 12.1 Å². The SMILES string of the molecule is CNc1cc(C)nc(S(C)(=O)=O)n1. The van der Waals surface area contributed by atoms with E-state index in [1.807, 2.05) is 0 Å². The van der Waals surface area contributed by atoms with E-state index in [0.717, 1.165) is 6.26 Å². The summed E-state index contributed by atoms with van der Waals surface area (Å²) in [5.74, 6) is 0.507. The highest BCUT2D eigenvalue weighted by Crippen LogP contribution is 2.08. The van der Waals surface area contributed by atoms with Crippen molar-refractivity contribution in [3.8, 4) is 0 Å². The summed E-state index contributed by atoms with van der Waals surface area (Å²) in [4.78, 5) is 7.63. The van der Waals surface area contributed by atoms with E-state index in [4.69, 9.17) is 0 Å². The van der Waals surface area contributed by atoms with Gasteiger partial charge in [-0.05, 0) is 6.92 Å². The van der Waals surface area contributed by atoms with Gasteiger partial charge in [0.15, 0.2) is 0 Å². The van der Waals surface area contributed by atoms with Crippen LogP contribution in [-0.4, -0.2) is 31.7 Å². The van der Waals surface area contributed by atoms with E-state index in [0.29, 0.717) is 11.5 Å². The quantitative estimate of drug-likeness (QED) is 0.693. The average molecular weight is 201 g/mol. The summed E-state index contributed by atoms with van der Waals surface area (Å²) in [5, 5.41) is 2.62. The van der Waals surface area contributed by atoms with E-state index in [2.05, 4.69) is 15.3 Å². The molecule has 0 atom stereocenters. The third-order valence-corrected chi connectivity index (χ3v) is 2.27. The summed E-state index contributed by atoms with van der Waals surface area (Å²) in [6.07, 6.45) is 1.08. The van der Waals surface area contributed by atoms with Gasteiger partial charge in [-0.15, -0.1) is 0 Å². The molecule has 1 heterocycles. The molecule has 0 spiro atoms. The van der Waals surface area contributed by atoms with Crippen molar-refractivity contribution in [1.82, 2.24) is 9.97 Å². The van der Waals surface area contributed by atoms with E-state index < -0.39 is 9.84 Å². The Hall–Kier alpha value is -1.17. The van der Waals surface area contributed by atoms with Crippen LogP contribution in [0.5, 0.6) is 0 Å². The van der Waals surface area contributed by atoms with Crippen LogP contribution in [0.3, 0.4) is 0 Å². The molecule has 0 amide bonds. The molecule has 1 rings (SSSR count). The van der Waals surface area contributed by atoms with Gasteiger partial charge in [0.25, 0.3) is 0 Å². The number of sulfone groups is 1. The summed E-state index contributed by atoms with van der Waals surface area (Å²) in [6.45, 7) is 1.72. The van der Waals surface area contributed by atoms with Gasteiger partial charge in [-0.2, -0.15) is 0 Å². The highest BCUT2D eigenvalue weighted by Gasteiger charge is 2.11. The number of hydrogen-bond donors (Lipinski definition) is 1. The monoisotopic (exact) mass is 201 g/mol.